The summed E-state index contributed by atoms with van der Waals surface area (Å²) in [6, 6.07) is 39.8. The van der Waals surface area contributed by atoms with Crippen molar-refractivity contribution in [2.24, 2.45) is 17.8 Å². The molecule has 0 aliphatic carbocycles. The lowest BCUT2D eigenvalue weighted by Crippen LogP contribution is -2.35. The van der Waals surface area contributed by atoms with Crippen LogP contribution in [0.15, 0.2) is 121 Å². The van der Waals surface area contributed by atoms with E-state index >= 15 is 0 Å². The zero-order valence-corrected chi connectivity index (χ0v) is 32.7. The fourth-order valence-corrected chi connectivity index (χ4v) is 7.35. The number of hydrogen-bond donors (Lipinski definition) is 2. The van der Waals surface area contributed by atoms with Gasteiger partial charge in [0.25, 0.3) is 11.8 Å². The van der Waals surface area contributed by atoms with E-state index in [0.29, 0.717) is 45.6 Å². The molecule has 57 heavy (non-hydrogen) atoms. The molecule has 0 amide bonds. The molecule has 7 rings (SSSR count). The molecule has 4 aromatic rings. The minimum absolute atomic E-state index is 0.120. The van der Waals surface area contributed by atoms with E-state index in [4.69, 9.17) is 14.6 Å². The van der Waals surface area contributed by atoms with Crippen molar-refractivity contribution in [1.82, 2.24) is 15.1 Å². The van der Waals surface area contributed by atoms with Gasteiger partial charge in [-0.25, -0.2) is 17.6 Å². The second-order valence-electron chi connectivity index (χ2n) is 15.2. The van der Waals surface area contributed by atoms with Crippen LogP contribution in [-0.2, 0) is 40.6 Å². The number of benzene rings is 4. The van der Waals surface area contributed by atoms with Crippen molar-refractivity contribution in [1.29, 1.82) is 0 Å². The van der Waals surface area contributed by atoms with Crippen LogP contribution in [0.5, 0.6) is 0 Å². The van der Waals surface area contributed by atoms with Gasteiger partial charge in [-0.1, -0.05) is 121 Å². The number of aliphatic hydroxyl groups excluding tert-OH is 1. The van der Waals surface area contributed by atoms with E-state index in [9.17, 15) is 22.4 Å². The molecule has 3 atom stereocenters. The highest BCUT2D eigenvalue weighted by Crippen LogP contribution is 2.34. The Morgan fingerprint density at radius 3 is 1.63 bits per heavy atom. The zero-order chi connectivity index (χ0) is 40.4. The number of aliphatic hydroxyl groups is 1. The quantitative estimate of drug-likeness (QED) is 0.112. The third kappa shape index (κ3) is 15.0. The molecule has 7 nitrogen and oxygen atoms in total. The van der Waals surface area contributed by atoms with Crippen LogP contribution in [0.1, 0.15) is 41.5 Å². The molecule has 2 N–H and O–H groups in total. The van der Waals surface area contributed by atoms with Gasteiger partial charge < -0.3 is 19.9 Å². The Bertz CT molecular complexity index is 1700. The first-order chi connectivity index (χ1) is 27.6. The minimum Gasteiger partial charge on any atom is -0.390 e. The number of nitrogens with zero attached hydrogens (tertiary/aromatic N) is 2. The maximum Gasteiger partial charge on any atom is 0.275 e. The number of likely N-dealkylation sites (tertiary alicyclic amines) is 2. The van der Waals surface area contributed by atoms with Gasteiger partial charge in [0.1, 0.15) is 19.8 Å². The molecule has 3 fully saturated rings. The van der Waals surface area contributed by atoms with Crippen molar-refractivity contribution in [2.45, 2.75) is 57.4 Å². The number of ether oxygens (including phenoxy) is 2. The highest BCUT2D eigenvalue weighted by atomic mass is 19.3. The minimum atomic E-state index is -2.89. The Morgan fingerprint density at radius 2 is 1.12 bits per heavy atom. The molecule has 308 valence electrons. The fraction of sp³-hybridized carbons (Fsp3) is 0.457. The predicted octanol–water partition coefficient (Wildman–Crippen LogP) is 7.88. The van der Waals surface area contributed by atoms with Gasteiger partial charge in [0.05, 0.1) is 13.2 Å². The predicted molar refractivity (Wildman–Crippen MR) is 215 cm³/mol. The summed E-state index contributed by atoms with van der Waals surface area (Å²) in [7, 11) is 0. The smallest absolute Gasteiger partial charge is 0.275 e. The maximum atomic E-state index is 14.4. The van der Waals surface area contributed by atoms with Gasteiger partial charge >= 0.3 is 0 Å². The Hall–Kier alpha value is -3.97. The van der Waals surface area contributed by atoms with Gasteiger partial charge in [0.2, 0.25) is 0 Å². The molecule has 0 bridgehead atoms. The van der Waals surface area contributed by atoms with Crippen LogP contribution in [0, 0.1) is 17.8 Å². The summed E-state index contributed by atoms with van der Waals surface area (Å²) in [4.78, 5) is 16.7. The molecule has 3 saturated heterocycles. The Labute approximate surface area is 335 Å². The summed E-state index contributed by atoms with van der Waals surface area (Å²) in [5.74, 6) is -6.61. The van der Waals surface area contributed by atoms with Gasteiger partial charge in [-0.3, -0.25) is 14.6 Å². The summed E-state index contributed by atoms with van der Waals surface area (Å²) >= 11 is 0. The topological polar surface area (TPSA) is 74.3 Å². The molecular weight excluding hydrogens is 735 g/mol. The average molecular weight is 792 g/mol. The lowest BCUT2D eigenvalue weighted by Gasteiger charge is -2.24. The SMILES string of the molecule is FC(F)(COCc1ccccc1)C1CCN(Cc2ccccc2)C1.O=C(COCc1ccccc1)C1CCN(Cc2ccccc2)C1.OCC(F)(F)C1CCNC1. The van der Waals surface area contributed by atoms with Crippen LogP contribution < -0.4 is 5.32 Å². The summed E-state index contributed by atoms with van der Waals surface area (Å²) in [6.45, 7) is 5.03. The average Bonchev–Trinajstić information content (AvgIpc) is 4.04. The highest BCUT2D eigenvalue weighted by molar-refractivity contribution is 5.82. The second kappa shape index (κ2) is 22.8. The van der Waals surface area contributed by atoms with Crippen LogP contribution in [0.4, 0.5) is 17.6 Å². The van der Waals surface area contributed by atoms with E-state index < -0.39 is 36.9 Å². The van der Waals surface area contributed by atoms with Crippen molar-refractivity contribution < 1.29 is 36.9 Å². The monoisotopic (exact) mass is 791 g/mol. The summed E-state index contributed by atoms with van der Waals surface area (Å²) in [5, 5.41) is 11.1. The standard InChI is InChI=1S/C20H23F2NO.C20H23NO2.C6H11F2NO/c21-20(22,16-24-15-18-9-5-2-6-10-18)19-11-12-23(14-19)13-17-7-3-1-4-8-17;22-20(16-23-15-18-9-5-2-6-10-18)19-11-12-21(14-19)13-17-7-3-1-4-8-17;7-6(8,4-10)5-1-2-9-3-5/h1-10,19H,11-16H2;1-10,19H,11-16H2;5,9-10H,1-4H2. The van der Waals surface area contributed by atoms with Gasteiger partial charge in [-0.15, -0.1) is 0 Å². The molecular formula is C46H57F4N3O4. The zero-order valence-electron chi connectivity index (χ0n) is 32.7. The normalized spacial score (nSPS) is 20.1. The van der Waals surface area contributed by atoms with E-state index in [1.807, 2.05) is 97.1 Å². The van der Waals surface area contributed by atoms with Gasteiger partial charge in [0.15, 0.2) is 5.78 Å². The Balaban J connectivity index is 0.000000176. The molecule has 3 unspecified atom stereocenters. The van der Waals surface area contributed by atoms with Crippen molar-refractivity contribution in [3.63, 3.8) is 0 Å². The Kier molecular flexibility index (Phi) is 17.7. The number of ketones is 1. The molecule has 3 heterocycles. The molecule has 3 aliphatic heterocycles. The van der Waals surface area contributed by atoms with E-state index in [2.05, 4.69) is 39.4 Å². The number of carbonyl (C=O) groups excluding carboxylic acids is 1. The lowest BCUT2D eigenvalue weighted by atomic mass is 10.0. The molecule has 0 spiro atoms. The van der Waals surface area contributed by atoms with Gasteiger partial charge in [-0.05, 0) is 61.2 Å². The second-order valence-corrected chi connectivity index (χ2v) is 15.2. The maximum absolute atomic E-state index is 14.4. The third-order valence-corrected chi connectivity index (χ3v) is 10.7. The molecule has 0 radical (unpaired) electrons. The van der Waals surface area contributed by atoms with Gasteiger partial charge in [0, 0.05) is 50.5 Å². The van der Waals surface area contributed by atoms with Crippen molar-refractivity contribution in [3.8, 4) is 0 Å². The highest BCUT2D eigenvalue weighted by Gasteiger charge is 2.43. The van der Waals surface area contributed by atoms with E-state index in [1.54, 1.807) is 0 Å². The van der Waals surface area contributed by atoms with Crippen molar-refractivity contribution in [3.05, 3.63) is 144 Å². The first-order valence-corrected chi connectivity index (χ1v) is 20.0. The number of nitrogens with one attached hydrogen (secondary N) is 1. The number of hydrogen-bond acceptors (Lipinski definition) is 7. The third-order valence-electron chi connectivity index (χ3n) is 10.7. The summed E-state index contributed by atoms with van der Waals surface area (Å²) in [5.41, 5.74) is 4.51. The van der Waals surface area contributed by atoms with Crippen LogP contribution in [0.3, 0.4) is 0 Å². The number of rotatable bonds is 16. The molecule has 0 aromatic heterocycles. The van der Waals surface area contributed by atoms with Gasteiger partial charge in [-0.2, -0.15) is 0 Å². The number of halogens is 4. The fourth-order valence-electron chi connectivity index (χ4n) is 7.35. The van der Waals surface area contributed by atoms with Crippen molar-refractivity contribution in [2.75, 3.05) is 59.1 Å². The number of alkyl halides is 4. The Morgan fingerprint density at radius 1 is 0.632 bits per heavy atom. The van der Waals surface area contributed by atoms with Crippen molar-refractivity contribution >= 4 is 5.78 Å². The molecule has 0 saturated carbocycles. The van der Waals surface area contributed by atoms with Crippen LogP contribution in [0.2, 0.25) is 0 Å². The number of Topliss-reactive ketones (excluding diaryl/α,β-unsaturated/α-hetero) is 1. The van der Waals surface area contributed by atoms with Crippen LogP contribution in [-0.4, -0.2) is 91.6 Å². The van der Waals surface area contributed by atoms with E-state index in [1.165, 1.54) is 11.1 Å². The number of carbonyl (C=O) groups is 1. The first kappa shape index (κ1) is 44.1. The summed E-state index contributed by atoms with van der Waals surface area (Å²) < 4.78 is 64.8. The molecule has 3 aliphatic rings. The molecule has 4 aromatic carbocycles. The van der Waals surface area contributed by atoms with Crippen LogP contribution in [0.25, 0.3) is 0 Å². The van der Waals surface area contributed by atoms with E-state index in [-0.39, 0.29) is 24.9 Å². The lowest BCUT2D eigenvalue weighted by molar-refractivity contribution is -0.127. The van der Waals surface area contributed by atoms with E-state index in [0.717, 1.165) is 43.7 Å². The largest absolute Gasteiger partial charge is 0.390 e. The summed E-state index contributed by atoms with van der Waals surface area (Å²) in [6.07, 6.45) is 1.93. The first-order valence-electron chi connectivity index (χ1n) is 20.0. The molecule has 11 heteroatoms. The van der Waals surface area contributed by atoms with Crippen LogP contribution >= 0.6 is 0 Å².